The summed E-state index contributed by atoms with van der Waals surface area (Å²) < 4.78 is 0. The highest BCUT2D eigenvalue weighted by Gasteiger charge is 2.08. The molecule has 7 N–H and O–H groups in total. The minimum absolute atomic E-state index is 0.0341. The number of nitrogens with two attached hydrogens (primary N) is 2. The van der Waals surface area contributed by atoms with Gasteiger partial charge >= 0.3 is 5.97 Å². The van der Waals surface area contributed by atoms with Gasteiger partial charge in [0.15, 0.2) is 5.84 Å². The third-order valence-corrected chi connectivity index (χ3v) is 4.55. The van der Waals surface area contributed by atoms with Gasteiger partial charge in [-0.3, -0.25) is 15.0 Å². The summed E-state index contributed by atoms with van der Waals surface area (Å²) in [6, 6.07) is 13.2. The Morgan fingerprint density at radius 1 is 0.882 bits per heavy atom. The lowest BCUT2D eigenvalue weighted by molar-refractivity contribution is -0.143. The first-order chi connectivity index (χ1) is 16.3. The van der Waals surface area contributed by atoms with Gasteiger partial charge in [-0.15, -0.1) is 6.58 Å². The van der Waals surface area contributed by atoms with Gasteiger partial charge in [0.1, 0.15) is 5.84 Å². The summed E-state index contributed by atoms with van der Waals surface area (Å²) in [6.45, 7) is 3.53. The minimum atomic E-state index is -0.508. The molecule has 0 aliphatic rings. The van der Waals surface area contributed by atoms with Crippen LogP contribution in [0.3, 0.4) is 0 Å². The molecular weight excluding hydrogens is 436 g/mol. The first kappa shape index (κ1) is 25.8. The number of benzene rings is 2. The summed E-state index contributed by atoms with van der Waals surface area (Å²) in [4.78, 5) is 40.4. The number of anilines is 2. The molecule has 0 saturated carbocycles. The molecule has 0 aromatic heterocycles. The number of carbonyl (C=O) groups is 3. The fourth-order valence-electron chi connectivity index (χ4n) is 2.73. The Balaban J connectivity index is 1.74. The van der Waals surface area contributed by atoms with Gasteiger partial charge in [-0.2, -0.15) is 0 Å². The summed E-state index contributed by atoms with van der Waals surface area (Å²) in [7, 11) is 0. The van der Waals surface area contributed by atoms with Gasteiger partial charge in [0.2, 0.25) is 11.8 Å². The first-order valence-corrected chi connectivity index (χ1v) is 10.6. The monoisotopic (exact) mass is 464 g/mol. The van der Waals surface area contributed by atoms with E-state index in [1.54, 1.807) is 54.6 Å². The first-order valence-electron chi connectivity index (χ1n) is 10.6. The molecule has 2 rings (SSSR count). The highest BCUT2D eigenvalue weighted by Crippen LogP contribution is 2.12. The molecule has 0 saturated heterocycles. The molecule has 0 radical (unpaired) electrons. The van der Waals surface area contributed by atoms with E-state index in [1.807, 2.05) is 0 Å². The van der Waals surface area contributed by atoms with Crippen molar-refractivity contribution in [1.82, 2.24) is 0 Å². The zero-order valence-corrected chi connectivity index (χ0v) is 18.7. The fraction of sp³-hybridized carbons (Fsp3) is 0.208. The second-order valence-corrected chi connectivity index (χ2v) is 7.29. The van der Waals surface area contributed by atoms with Crippen molar-refractivity contribution in [1.29, 1.82) is 5.41 Å². The SMILES string of the molecule is C=CCCC(=O)O/N=C(\N)c1ccc(NC(=O)CCCC(=O)Nc2ccc(C(=N)N)cc2)cc1. The van der Waals surface area contributed by atoms with E-state index >= 15 is 0 Å². The zero-order chi connectivity index (χ0) is 24.9. The molecule has 0 spiro atoms. The van der Waals surface area contributed by atoms with Crippen molar-refractivity contribution in [2.75, 3.05) is 10.6 Å². The Labute approximate surface area is 197 Å². The number of oxime groups is 1. The third kappa shape index (κ3) is 8.95. The van der Waals surface area contributed by atoms with E-state index in [0.717, 1.165) is 0 Å². The maximum absolute atomic E-state index is 12.1. The van der Waals surface area contributed by atoms with Crippen molar-refractivity contribution in [2.24, 2.45) is 16.6 Å². The Bertz CT molecular complexity index is 1060. The Morgan fingerprint density at radius 3 is 1.85 bits per heavy atom. The van der Waals surface area contributed by atoms with Gasteiger partial charge in [-0.05, 0) is 61.4 Å². The molecule has 0 atom stereocenters. The van der Waals surface area contributed by atoms with Gasteiger partial charge < -0.3 is 26.9 Å². The van der Waals surface area contributed by atoms with Gasteiger partial charge in [0.05, 0.1) is 6.42 Å². The lowest BCUT2D eigenvalue weighted by Crippen LogP contribution is -2.16. The molecule has 34 heavy (non-hydrogen) atoms. The van der Waals surface area contributed by atoms with E-state index in [9.17, 15) is 14.4 Å². The Kier molecular flexibility index (Phi) is 9.98. The number of rotatable bonds is 12. The van der Waals surface area contributed by atoms with Crippen LogP contribution in [0.5, 0.6) is 0 Å². The van der Waals surface area contributed by atoms with E-state index in [-0.39, 0.29) is 42.7 Å². The second-order valence-electron chi connectivity index (χ2n) is 7.29. The number of allylic oxidation sites excluding steroid dienone is 1. The van der Waals surface area contributed by atoms with Crippen LogP contribution in [0.4, 0.5) is 11.4 Å². The van der Waals surface area contributed by atoms with Crippen LogP contribution in [0.1, 0.15) is 43.2 Å². The molecule has 10 nitrogen and oxygen atoms in total. The molecule has 10 heteroatoms. The number of hydrogen-bond acceptors (Lipinski definition) is 6. The third-order valence-electron chi connectivity index (χ3n) is 4.55. The second kappa shape index (κ2) is 13.2. The van der Waals surface area contributed by atoms with Crippen molar-refractivity contribution in [3.8, 4) is 0 Å². The summed E-state index contributed by atoms with van der Waals surface area (Å²) in [6.07, 6.45) is 2.98. The van der Waals surface area contributed by atoms with Crippen molar-refractivity contribution < 1.29 is 19.2 Å². The lowest BCUT2D eigenvalue weighted by Gasteiger charge is -2.08. The smallest absolute Gasteiger partial charge is 0.335 e. The number of amidine groups is 2. The molecule has 0 heterocycles. The van der Waals surface area contributed by atoms with Crippen molar-refractivity contribution in [3.63, 3.8) is 0 Å². The highest BCUT2D eigenvalue weighted by atomic mass is 16.7. The molecule has 178 valence electrons. The molecule has 0 aliphatic carbocycles. The lowest BCUT2D eigenvalue weighted by atomic mass is 10.1. The number of carbonyl (C=O) groups excluding carboxylic acids is 3. The summed E-state index contributed by atoms with van der Waals surface area (Å²) in [5, 5.41) is 16.4. The van der Waals surface area contributed by atoms with Gasteiger partial charge in [-0.1, -0.05) is 11.2 Å². The van der Waals surface area contributed by atoms with Crippen molar-refractivity contribution in [2.45, 2.75) is 32.1 Å². The minimum Gasteiger partial charge on any atom is -0.384 e. The van der Waals surface area contributed by atoms with Gasteiger partial charge in [-0.25, -0.2) is 4.79 Å². The number of nitrogens with zero attached hydrogens (tertiary/aromatic N) is 1. The molecule has 2 aromatic carbocycles. The van der Waals surface area contributed by atoms with E-state index in [2.05, 4.69) is 22.4 Å². The maximum Gasteiger partial charge on any atom is 0.335 e. The Morgan fingerprint density at radius 2 is 1.38 bits per heavy atom. The van der Waals surface area contributed by atoms with Crippen LogP contribution in [0.15, 0.2) is 66.3 Å². The number of nitrogen functional groups attached to an aromatic ring is 1. The standard InChI is InChI=1S/C24H28N6O4/c1-2-3-7-22(33)34-30-24(27)17-10-14-19(15-11-17)29-21(32)6-4-5-20(31)28-18-12-8-16(9-13-18)23(25)26/h2,8-15H,1,3-7H2,(H3,25,26)(H2,27,30)(H,28,31)(H,29,32). The van der Waals surface area contributed by atoms with E-state index in [4.69, 9.17) is 21.7 Å². The van der Waals surface area contributed by atoms with Gasteiger partial charge in [0, 0.05) is 35.3 Å². The van der Waals surface area contributed by atoms with E-state index in [0.29, 0.717) is 35.3 Å². The average Bonchev–Trinajstić information content (AvgIpc) is 2.82. The molecule has 0 bridgehead atoms. The normalized spacial score (nSPS) is 10.8. The van der Waals surface area contributed by atoms with Crippen LogP contribution in [-0.2, 0) is 19.2 Å². The highest BCUT2D eigenvalue weighted by molar-refractivity contribution is 5.98. The Hall–Kier alpha value is -4.47. The molecule has 0 unspecified atom stereocenters. The predicted molar refractivity (Wildman–Crippen MR) is 131 cm³/mol. The van der Waals surface area contributed by atoms with Crippen LogP contribution < -0.4 is 22.1 Å². The van der Waals surface area contributed by atoms with Crippen molar-refractivity contribution >= 4 is 40.8 Å². The number of nitrogens with one attached hydrogen (secondary N) is 3. The van der Waals surface area contributed by atoms with Crippen LogP contribution >= 0.6 is 0 Å². The van der Waals surface area contributed by atoms with E-state index in [1.165, 1.54) is 0 Å². The molecule has 0 fully saturated rings. The number of hydrogen-bond donors (Lipinski definition) is 5. The van der Waals surface area contributed by atoms with Crippen LogP contribution in [0.25, 0.3) is 0 Å². The van der Waals surface area contributed by atoms with E-state index < -0.39 is 5.97 Å². The molecule has 0 aliphatic heterocycles. The van der Waals surface area contributed by atoms with Crippen LogP contribution in [0, 0.1) is 5.41 Å². The van der Waals surface area contributed by atoms with Crippen molar-refractivity contribution in [3.05, 3.63) is 72.3 Å². The molecular formula is C24H28N6O4. The van der Waals surface area contributed by atoms with Crippen LogP contribution in [-0.4, -0.2) is 29.5 Å². The molecule has 2 amide bonds. The maximum atomic E-state index is 12.1. The number of amides is 2. The topological polar surface area (TPSA) is 173 Å². The largest absolute Gasteiger partial charge is 0.384 e. The quantitative estimate of drug-likeness (QED) is 0.106. The fourth-order valence-corrected chi connectivity index (χ4v) is 2.73. The summed E-state index contributed by atoms with van der Waals surface area (Å²) >= 11 is 0. The summed E-state index contributed by atoms with van der Waals surface area (Å²) in [5.74, 6) is -0.967. The van der Waals surface area contributed by atoms with Crippen LogP contribution in [0.2, 0.25) is 0 Å². The predicted octanol–water partition coefficient (Wildman–Crippen LogP) is 2.85. The zero-order valence-electron chi connectivity index (χ0n) is 18.7. The molecule has 2 aromatic rings. The van der Waals surface area contributed by atoms with Gasteiger partial charge in [0.25, 0.3) is 0 Å². The summed E-state index contributed by atoms with van der Waals surface area (Å²) in [5.41, 5.74) is 13.5. The average molecular weight is 465 g/mol.